The fourth-order valence-corrected chi connectivity index (χ4v) is 8.36. The fraction of sp³-hybridized carbons (Fsp3) is 0.323. The number of ether oxygens (including phenoxy) is 3. The minimum atomic E-state index is -3.75. The third kappa shape index (κ3) is 4.13. The Morgan fingerprint density at radius 3 is 2.36 bits per heavy atom. The van der Waals surface area contributed by atoms with Gasteiger partial charge in [-0.1, -0.05) is 54.6 Å². The number of fused-ring (bicyclic) bond motifs is 1. The fourth-order valence-electron chi connectivity index (χ4n) is 6.69. The van der Waals surface area contributed by atoms with Gasteiger partial charge in [-0.25, -0.2) is 8.42 Å². The second-order valence-electron chi connectivity index (χ2n) is 10.4. The number of sulfonamides is 1. The zero-order valence-electron chi connectivity index (χ0n) is 22.0. The van der Waals surface area contributed by atoms with E-state index in [0.29, 0.717) is 37.5 Å². The molecule has 3 aromatic rings. The van der Waals surface area contributed by atoms with E-state index in [1.807, 2.05) is 54.6 Å². The van der Waals surface area contributed by atoms with Gasteiger partial charge in [-0.2, -0.15) is 4.31 Å². The van der Waals surface area contributed by atoms with E-state index in [1.165, 1.54) is 7.11 Å². The number of piperidine rings is 1. The van der Waals surface area contributed by atoms with E-state index in [-0.39, 0.29) is 34.8 Å². The van der Waals surface area contributed by atoms with E-state index in [9.17, 15) is 13.2 Å². The summed E-state index contributed by atoms with van der Waals surface area (Å²) in [6, 6.07) is 22.0. The summed E-state index contributed by atoms with van der Waals surface area (Å²) < 4.78 is 47.1. The van der Waals surface area contributed by atoms with Gasteiger partial charge in [-0.15, -0.1) is 0 Å². The Hall–Kier alpha value is -3.62. The maximum Gasteiger partial charge on any atom is 0.243 e. The van der Waals surface area contributed by atoms with Gasteiger partial charge in [0.25, 0.3) is 0 Å². The average Bonchev–Trinajstić information content (AvgIpc) is 2.96. The molecule has 3 aliphatic rings. The first-order chi connectivity index (χ1) is 18.9. The number of carbonyl (C=O) groups is 1. The highest BCUT2D eigenvalue weighted by atomic mass is 32.2. The Morgan fingerprint density at radius 1 is 0.949 bits per heavy atom. The lowest BCUT2D eigenvalue weighted by molar-refractivity contribution is -0.122. The van der Waals surface area contributed by atoms with Crippen LogP contribution < -0.4 is 9.47 Å². The van der Waals surface area contributed by atoms with Crippen LogP contribution in [-0.2, 0) is 38.0 Å². The van der Waals surface area contributed by atoms with Crippen LogP contribution >= 0.6 is 0 Å². The van der Waals surface area contributed by atoms with Crippen molar-refractivity contribution in [2.24, 2.45) is 5.92 Å². The number of methoxy groups -OCH3 is 2. The van der Waals surface area contributed by atoms with Gasteiger partial charge in [0.05, 0.1) is 19.1 Å². The van der Waals surface area contributed by atoms with Crippen LogP contribution in [0.2, 0.25) is 0 Å². The highest BCUT2D eigenvalue weighted by molar-refractivity contribution is 7.89. The second-order valence-corrected chi connectivity index (χ2v) is 12.3. The minimum absolute atomic E-state index is 0.0865. The van der Waals surface area contributed by atoms with Crippen molar-refractivity contribution in [2.45, 2.75) is 42.2 Å². The van der Waals surface area contributed by atoms with Gasteiger partial charge in [-0.3, -0.25) is 4.79 Å². The summed E-state index contributed by atoms with van der Waals surface area (Å²) in [6.45, 7) is 0.649. The molecule has 0 radical (unpaired) electrons. The highest BCUT2D eigenvalue weighted by Crippen LogP contribution is 2.58. The van der Waals surface area contributed by atoms with Crippen molar-refractivity contribution in [3.63, 3.8) is 0 Å². The van der Waals surface area contributed by atoms with Crippen LogP contribution in [0.1, 0.15) is 29.5 Å². The van der Waals surface area contributed by atoms with Gasteiger partial charge in [0, 0.05) is 35.9 Å². The van der Waals surface area contributed by atoms with E-state index in [2.05, 4.69) is 0 Å². The molecule has 1 heterocycles. The van der Waals surface area contributed by atoms with Crippen molar-refractivity contribution in [1.29, 1.82) is 0 Å². The van der Waals surface area contributed by atoms with E-state index >= 15 is 0 Å². The number of hydrogen-bond acceptors (Lipinski definition) is 6. The topological polar surface area (TPSA) is 82.1 Å². The predicted molar refractivity (Wildman–Crippen MR) is 146 cm³/mol. The molecule has 0 spiro atoms. The van der Waals surface area contributed by atoms with E-state index < -0.39 is 15.4 Å². The first-order valence-corrected chi connectivity index (χ1v) is 14.6. The molecule has 0 saturated carbocycles. The Morgan fingerprint density at radius 2 is 1.67 bits per heavy atom. The molecule has 8 heteroatoms. The summed E-state index contributed by atoms with van der Waals surface area (Å²) in [5.74, 6) is 1.17. The average molecular weight is 546 g/mol. The minimum Gasteiger partial charge on any atom is -0.493 e. The molecule has 6 rings (SSSR count). The number of allylic oxidation sites excluding steroid dienone is 1. The van der Waals surface area contributed by atoms with Gasteiger partial charge in [-0.05, 0) is 48.2 Å². The third-order valence-corrected chi connectivity index (χ3v) is 10.4. The predicted octanol–water partition coefficient (Wildman–Crippen LogP) is 4.65. The van der Waals surface area contributed by atoms with Crippen LogP contribution in [-0.4, -0.2) is 45.3 Å². The third-order valence-electron chi connectivity index (χ3n) is 8.43. The van der Waals surface area contributed by atoms with Crippen molar-refractivity contribution in [1.82, 2.24) is 4.31 Å². The van der Waals surface area contributed by atoms with Crippen LogP contribution in [0.15, 0.2) is 89.5 Å². The van der Waals surface area contributed by atoms with Crippen LogP contribution in [0, 0.1) is 5.92 Å². The number of hydrogen-bond donors (Lipinski definition) is 0. The maximum absolute atomic E-state index is 13.9. The van der Waals surface area contributed by atoms with E-state index in [4.69, 9.17) is 14.2 Å². The molecule has 3 aromatic carbocycles. The van der Waals surface area contributed by atoms with Crippen LogP contribution in [0.3, 0.4) is 0 Å². The van der Waals surface area contributed by atoms with Crippen LogP contribution in [0.25, 0.3) is 0 Å². The summed E-state index contributed by atoms with van der Waals surface area (Å²) in [7, 11) is -0.651. The van der Waals surface area contributed by atoms with Crippen molar-refractivity contribution in [3.05, 3.63) is 101 Å². The molecule has 0 aromatic heterocycles. The molecule has 39 heavy (non-hydrogen) atoms. The number of ketones is 1. The lowest BCUT2D eigenvalue weighted by Crippen LogP contribution is -2.62. The Balaban J connectivity index is 1.50. The lowest BCUT2D eigenvalue weighted by atomic mass is 9.54. The number of nitrogens with zero attached hydrogens (tertiary/aromatic N) is 1. The molecule has 7 nitrogen and oxygen atoms in total. The molecule has 3 atom stereocenters. The van der Waals surface area contributed by atoms with Gasteiger partial charge in [0.2, 0.25) is 10.0 Å². The second kappa shape index (κ2) is 9.84. The van der Waals surface area contributed by atoms with Gasteiger partial charge in [0.1, 0.15) is 6.61 Å². The summed E-state index contributed by atoms with van der Waals surface area (Å²) in [5, 5.41) is 0. The number of Topliss-reactive ketones (excluding diaryl/α,β-unsaturated/α-hetero) is 1. The molecule has 1 aliphatic heterocycles. The molecule has 0 N–H and O–H groups in total. The summed E-state index contributed by atoms with van der Waals surface area (Å²) in [4.78, 5) is 13.6. The molecule has 2 aliphatic carbocycles. The Labute approximate surface area is 229 Å². The number of rotatable bonds is 7. The molecular weight excluding hydrogens is 514 g/mol. The molecule has 1 fully saturated rings. The van der Waals surface area contributed by atoms with E-state index in [0.717, 1.165) is 16.7 Å². The maximum atomic E-state index is 13.9. The Bertz CT molecular complexity index is 1540. The zero-order chi connectivity index (χ0) is 27.2. The first-order valence-electron chi connectivity index (χ1n) is 13.1. The largest absolute Gasteiger partial charge is 0.493 e. The molecular formula is C31H31NO6S. The van der Waals surface area contributed by atoms with Crippen LogP contribution in [0.4, 0.5) is 0 Å². The number of benzene rings is 3. The van der Waals surface area contributed by atoms with Gasteiger partial charge in [0.15, 0.2) is 23.0 Å². The standard InChI is InChI=1S/C31H31NO6S/c1-36-27-14-13-22-17-25-24-18-28(37-2)26(33)19-31(24,29(22)30(27)38-20-21-9-5-3-6-10-21)15-16-32(25)39(34,35)23-11-7-4-8-12-23/h3-14,18,24-25H,15-17,19-20H2,1-2H3/t24-,25+,31-/m0/s1. The molecule has 202 valence electrons. The highest BCUT2D eigenvalue weighted by Gasteiger charge is 2.59. The summed E-state index contributed by atoms with van der Waals surface area (Å²) >= 11 is 0. The molecule has 0 unspecified atom stereocenters. The summed E-state index contributed by atoms with van der Waals surface area (Å²) in [6.07, 6.45) is 3.03. The van der Waals surface area contributed by atoms with Crippen LogP contribution in [0.5, 0.6) is 11.5 Å². The van der Waals surface area contributed by atoms with Crippen molar-refractivity contribution < 1.29 is 27.4 Å². The molecule has 2 bridgehead atoms. The normalized spacial score (nSPS) is 24.3. The SMILES string of the molecule is COC1=C[C@H]2[C@H]3Cc4ccc(OC)c(OCc5ccccc5)c4[C@@]2(CCN3S(=O)(=O)c2ccccc2)CC1=O. The lowest BCUT2D eigenvalue weighted by Gasteiger charge is -2.56. The van der Waals surface area contributed by atoms with E-state index in [1.54, 1.807) is 35.7 Å². The summed E-state index contributed by atoms with van der Waals surface area (Å²) in [5.41, 5.74) is 2.32. The van der Waals surface area contributed by atoms with Gasteiger partial charge >= 0.3 is 0 Å². The molecule has 0 amide bonds. The quantitative estimate of drug-likeness (QED) is 0.430. The van der Waals surface area contributed by atoms with Crippen molar-refractivity contribution in [3.8, 4) is 11.5 Å². The van der Waals surface area contributed by atoms with Crippen molar-refractivity contribution >= 4 is 15.8 Å². The smallest absolute Gasteiger partial charge is 0.243 e. The Kier molecular flexibility index (Phi) is 6.47. The van der Waals surface area contributed by atoms with Gasteiger partial charge < -0.3 is 14.2 Å². The zero-order valence-corrected chi connectivity index (χ0v) is 22.8. The molecule has 1 saturated heterocycles. The van der Waals surface area contributed by atoms with Crippen molar-refractivity contribution in [2.75, 3.05) is 20.8 Å². The first kappa shape index (κ1) is 25.6. The number of carbonyl (C=O) groups excluding carboxylic acids is 1. The monoisotopic (exact) mass is 545 g/mol.